The van der Waals surface area contributed by atoms with Gasteiger partial charge in [-0.05, 0) is 44.0 Å². The van der Waals surface area contributed by atoms with Gasteiger partial charge in [0.05, 0.1) is 0 Å². The molecule has 1 heterocycles. The van der Waals surface area contributed by atoms with E-state index in [0.29, 0.717) is 17.2 Å². The molecule has 1 fully saturated rings. The molecular formula is C12H13ClO2. The van der Waals surface area contributed by atoms with E-state index in [1.54, 1.807) is 24.3 Å². The van der Waals surface area contributed by atoms with Crippen LogP contribution in [0.2, 0.25) is 5.02 Å². The lowest BCUT2D eigenvalue weighted by Crippen LogP contribution is -2.34. The monoisotopic (exact) mass is 224 g/mol. The minimum absolute atomic E-state index is 0.0525. The maximum atomic E-state index is 12.1. The number of carbonyl (C=O) groups is 1. The van der Waals surface area contributed by atoms with Crippen LogP contribution in [0.15, 0.2) is 24.3 Å². The largest absolute Gasteiger partial charge is 0.367 e. The van der Waals surface area contributed by atoms with Gasteiger partial charge in [0.25, 0.3) is 0 Å². The molecule has 0 saturated carbocycles. The first kappa shape index (κ1) is 10.7. The maximum absolute atomic E-state index is 12.1. The number of ketones is 1. The lowest BCUT2D eigenvalue weighted by Gasteiger charge is -2.21. The first-order valence-electron chi connectivity index (χ1n) is 5.06. The van der Waals surface area contributed by atoms with Crippen LogP contribution >= 0.6 is 11.6 Å². The molecule has 2 rings (SSSR count). The predicted molar refractivity (Wildman–Crippen MR) is 59.4 cm³/mol. The van der Waals surface area contributed by atoms with Crippen LogP contribution in [0.3, 0.4) is 0 Å². The van der Waals surface area contributed by atoms with Gasteiger partial charge in [-0.1, -0.05) is 11.6 Å². The lowest BCUT2D eigenvalue weighted by molar-refractivity contribution is 0.0213. The van der Waals surface area contributed by atoms with Gasteiger partial charge in [0, 0.05) is 17.2 Å². The zero-order valence-corrected chi connectivity index (χ0v) is 9.38. The lowest BCUT2D eigenvalue weighted by atomic mass is 9.92. The van der Waals surface area contributed by atoms with Crippen LogP contribution in [0, 0.1) is 0 Å². The van der Waals surface area contributed by atoms with E-state index in [2.05, 4.69) is 0 Å². The highest BCUT2D eigenvalue weighted by Crippen LogP contribution is 2.29. The van der Waals surface area contributed by atoms with Crippen LogP contribution < -0.4 is 0 Å². The number of hydrogen-bond donors (Lipinski definition) is 0. The van der Waals surface area contributed by atoms with E-state index in [4.69, 9.17) is 16.3 Å². The van der Waals surface area contributed by atoms with Crippen molar-refractivity contribution in [2.75, 3.05) is 6.61 Å². The average molecular weight is 225 g/mol. The number of halogens is 1. The van der Waals surface area contributed by atoms with Crippen LogP contribution in [0.5, 0.6) is 0 Å². The molecule has 0 aliphatic carbocycles. The summed E-state index contributed by atoms with van der Waals surface area (Å²) in [7, 11) is 0. The van der Waals surface area contributed by atoms with Crippen molar-refractivity contribution in [3.05, 3.63) is 34.9 Å². The van der Waals surface area contributed by atoms with Crippen LogP contribution in [0.4, 0.5) is 0 Å². The second-order valence-corrected chi connectivity index (χ2v) is 4.46. The van der Waals surface area contributed by atoms with Gasteiger partial charge >= 0.3 is 0 Å². The Morgan fingerprint density at radius 1 is 1.40 bits per heavy atom. The van der Waals surface area contributed by atoms with Crippen LogP contribution in [0.1, 0.15) is 30.1 Å². The normalized spacial score (nSPS) is 25.5. The standard InChI is InChI=1S/C12H13ClO2/c1-12(7-2-8-15-12)11(14)9-3-5-10(13)6-4-9/h3-6H,2,7-8H2,1H3. The Balaban J connectivity index is 2.24. The molecule has 15 heavy (non-hydrogen) atoms. The summed E-state index contributed by atoms with van der Waals surface area (Å²) < 4.78 is 5.50. The fourth-order valence-corrected chi connectivity index (χ4v) is 1.99. The average Bonchev–Trinajstić information content (AvgIpc) is 2.67. The van der Waals surface area contributed by atoms with Crippen LogP contribution in [-0.4, -0.2) is 18.0 Å². The number of hydrogen-bond acceptors (Lipinski definition) is 2. The van der Waals surface area contributed by atoms with Gasteiger partial charge in [0.2, 0.25) is 0 Å². The summed E-state index contributed by atoms with van der Waals surface area (Å²) in [6.45, 7) is 2.53. The summed E-state index contributed by atoms with van der Waals surface area (Å²) in [4.78, 5) is 12.1. The first-order chi connectivity index (χ1) is 7.12. The Kier molecular flexibility index (Phi) is 2.81. The Labute approximate surface area is 94.2 Å². The van der Waals surface area contributed by atoms with Gasteiger partial charge in [-0.2, -0.15) is 0 Å². The predicted octanol–water partition coefficient (Wildman–Crippen LogP) is 3.09. The number of carbonyl (C=O) groups excluding carboxylic acids is 1. The van der Waals surface area contributed by atoms with Gasteiger partial charge in [0.15, 0.2) is 5.78 Å². The molecule has 3 heteroatoms. The topological polar surface area (TPSA) is 26.3 Å². The van der Waals surface area contributed by atoms with E-state index in [9.17, 15) is 4.79 Å². The molecule has 1 aliphatic rings. The van der Waals surface area contributed by atoms with Gasteiger partial charge < -0.3 is 4.74 Å². The number of Topliss-reactive ketones (excluding diaryl/α,β-unsaturated/α-hetero) is 1. The maximum Gasteiger partial charge on any atom is 0.194 e. The van der Waals surface area contributed by atoms with Crippen molar-refractivity contribution in [1.29, 1.82) is 0 Å². The molecule has 2 nitrogen and oxygen atoms in total. The van der Waals surface area contributed by atoms with Crippen molar-refractivity contribution >= 4 is 17.4 Å². The molecule has 80 valence electrons. The Bertz CT molecular complexity index is 364. The van der Waals surface area contributed by atoms with Crippen LogP contribution in [-0.2, 0) is 4.74 Å². The second-order valence-electron chi connectivity index (χ2n) is 4.02. The summed E-state index contributed by atoms with van der Waals surface area (Å²) in [5.41, 5.74) is 0.0391. The molecule has 1 aliphatic heterocycles. The molecule has 1 unspecified atom stereocenters. The van der Waals surface area contributed by atoms with Gasteiger partial charge in [-0.25, -0.2) is 0 Å². The highest BCUT2D eigenvalue weighted by atomic mass is 35.5. The summed E-state index contributed by atoms with van der Waals surface area (Å²) in [5.74, 6) is 0.0525. The molecule has 0 amide bonds. The smallest absolute Gasteiger partial charge is 0.194 e. The zero-order chi connectivity index (χ0) is 10.9. The molecule has 1 aromatic rings. The fourth-order valence-electron chi connectivity index (χ4n) is 1.86. The number of benzene rings is 1. The van der Waals surface area contributed by atoms with Gasteiger partial charge in [-0.15, -0.1) is 0 Å². The molecule has 1 saturated heterocycles. The van der Waals surface area contributed by atoms with E-state index in [0.717, 1.165) is 12.8 Å². The van der Waals surface area contributed by atoms with Crippen molar-refractivity contribution in [2.45, 2.75) is 25.4 Å². The molecule has 0 spiro atoms. The quantitative estimate of drug-likeness (QED) is 0.722. The number of ether oxygens (including phenoxy) is 1. The molecule has 0 radical (unpaired) electrons. The highest BCUT2D eigenvalue weighted by Gasteiger charge is 2.37. The third-order valence-electron chi connectivity index (χ3n) is 2.81. The third-order valence-corrected chi connectivity index (χ3v) is 3.06. The van der Waals surface area contributed by atoms with E-state index in [1.165, 1.54) is 0 Å². The molecule has 0 bridgehead atoms. The molecule has 1 aromatic carbocycles. The third kappa shape index (κ3) is 2.06. The van der Waals surface area contributed by atoms with E-state index in [-0.39, 0.29) is 5.78 Å². The summed E-state index contributed by atoms with van der Waals surface area (Å²) >= 11 is 5.77. The highest BCUT2D eigenvalue weighted by molar-refractivity contribution is 6.30. The summed E-state index contributed by atoms with van der Waals surface area (Å²) in [6.07, 6.45) is 1.75. The minimum atomic E-state index is -0.631. The van der Waals surface area contributed by atoms with Crippen molar-refractivity contribution < 1.29 is 9.53 Å². The second kappa shape index (κ2) is 3.95. The van der Waals surface area contributed by atoms with Crippen molar-refractivity contribution in [2.24, 2.45) is 0 Å². The molecule has 0 N–H and O–H groups in total. The summed E-state index contributed by atoms with van der Waals surface area (Å²) in [5, 5.41) is 0.643. The molecular weight excluding hydrogens is 212 g/mol. The first-order valence-corrected chi connectivity index (χ1v) is 5.44. The summed E-state index contributed by atoms with van der Waals surface area (Å²) in [6, 6.07) is 6.95. The van der Waals surface area contributed by atoms with Gasteiger partial charge in [0.1, 0.15) is 5.60 Å². The van der Waals surface area contributed by atoms with E-state index >= 15 is 0 Å². The van der Waals surface area contributed by atoms with Crippen LogP contribution in [0.25, 0.3) is 0 Å². The zero-order valence-electron chi connectivity index (χ0n) is 8.63. The Morgan fingerprint density at radius 2 is 2.07 bits per heavy atom. The number of rotatable bonds is 2. The Morgan fingerprint density at radius 3 is 2.60 bits per heavy atom. The minimum Gasteiger partial charge on any atom is -0.367 e. The molecule has 0 aromatic heterocycles. The Hall–Kier alpha value is -0.860. The SMILES string of the molecule is CC1(C(=O)c2ccc(Cl)cc2)CCCO1. The fraction of sp³-hybridized carbons (Fsp3) is 0.417. The van der Waals surface area contributed by atoms with E-state index in [1.807, 2.05) is 6.92 Å². The van der Waals surface area contributed by atoms with Crippen molar-refractivity contribution in [3.63, 3.8) is 0 Å². The van der Waals surface area contributed by atoms with Gasteiger partial charge in [-0.3, -0.25) is 4.79 Å². The van der Waals surface area contributed by atoms with E-state index < -0.39 is 5.60 Å². The van der Waals surface area contributed by atoms with Crippen molar-refractivity contribution in [1.82, 2.24) is 0 Å². The van der Waals surface area contributed by atoms with Crippen molar-refractivity contribution in [3.8, 4) is 0 Å². The molecule has 1 atom stereocenters.